The minimum Gasteiger partial charge on any atom is -0.495 e. The van der Waals surface area contributed by atoms with Crippen molar-refractivity contribution in [3.8, 4) is 11.4 Å². The number of benzene rings is 2. The van der Waals surface area contributed by atoms with Gasteiger partial charge in [-0.25, -0.2) is 13.2 Å². The largest absolute Gasteiger partial charge is 0.495 e. The summed E-state index contributed by atoms with van der Waals surface area (Å²) in [5.74, 6) is -6.07. The van der Waals surface area contributed by atoms with Gasteiger partial charge in [-0.05, 0) is 47.7 Å². The van der Waals surface area contributed by atoms with Gasteiger partial charge in [0.2, 0.25) is 0 Å². The molecule has 13 heteroatoms. The predicted octanol–water partition coefficient (Wildman–Crippen LogP) is 6.29. The summed E-state index contributed by atoms with van der Waals surface area (Å²) >= 11 is 1.20. The van der Waals surface area contributed by atoms with Crippen molar-refractivity contribution in [1.82, 2.24) is 9.72 Å². The van der Waals surface area contributed by atoms with Crippen molar-refractivity contribution < 1.29 is 35.6 Å². The molecule has 4 aromatic rings. The van der Waals surface area contributed by atoms with Gasteiger partial charge in [-0.1, -0.05) is 5.16 Å². The Morgan fingerprint density at radius 2 is 1.86 bits per heavy atom. The minimum atomic E-state index is -5.23. The Labute approximate surface area is 197 Å². The van der Waals surface area contributed by atoms with E-state index in [-0.39, 0.29) is 11.2 Å². The van der Waals surface area contributed by atoms with E-state index < -0.39 is 41.2 Å². The van der Waals surface area contributed by atoms with Gasteiger partial charge in [-0.3, -0.25) is 9.36 Å². The number of rotatable bonds is 7. The molecule has 6 nitrogen and oxygen atoms in total. The number of nitrogens with one attached hydrogen (secondary N) is 1. The summed E-state index contributed by atoms with van der Waals surface area (Å²) in [6, 6.07) is 10.3. The lowest BCUT2D eigenvalue weighted by molar-refractivity contribution is -0.191. The van der Waals surface area contributed by atoms with Crippen molar-refractivity contribution in [3.05, 3.63) is 76.5 Å². The van der Waals surface area contributed by atoms with E-state index >= 15 is 0 Å². The molecule has 2 heterocycles. The zero-order valence-electron chi connectivity index (χ0n) is 17.7. The number of halogens is 6. The van der Waals surface area contributed by atoms with Crippen LogP contribution < -0.4 is 15.0 Å². The topological polar surface area (TPSA) is 69.3 Å². The smallest absolute Gasteiger partial charge is 0.395 e. The number of aromatic nitrogens is 2. The molecule has 0 unspecified atom stereocenters. The fourth-order valence-electron chi connectivity index (χ4n) is 3.42. The zero-order chi connectivity index (χ0) is 25.4. The van der Waals surface area contributed by atoms with Crippen LogP contribution >= 0.6 is 11.9 Å². The van der Waals surface area contributed by atoms with Crippen molar-refractivity contribution in [2.75, 3.05) is 11.8 Å². The summed E-state index contributed by atoms with van der Waals surface area (Å²) in [6.45, 7) is 0. The molecule has 2 aromatic carbocycles. The first-order valence-electron chi connectivity index (χ1n) is 9.80. The molecule has 0 aliphatic heterocycles. The number of fused-ring (bicyclic) bond motifs is 1. The number of methoxy groups -OCH3 is 1. The molecule has 35 heavy (non-hydrogen) atoms. The van der Waals surface area contributed by atoms with E-state index in [4.69, 9.17) is 9.26 Å². The van der Waals surface area contributed by atoms with Crippen molar-refractivity contribution in [2.45, 2.75) is 23.4 Å². The third-order valence-electron chi connectivity index (χ3n) is 4.90. The number of hydrogen-bond acceptors (Lipinski definition) is 6. The molecule has 0 aliphatic carbocycles. The molecule has 0 aliphatic rings. The van der Waals surface area contributed by atoms with Gasteiger partial charge in [-0.15, -0.1) is 0 Å². The Morgan fingerprint density at radius 3 is 2.51 bits per heavy atom. The third-order valence-corrected chi connectivity index (χ3v) is 5.70. The van der Waals surface area contributed by atoms with Crippen LogP contribution in [0.15, 0.2) is 69.0 Å². The maximum atomic E-state index is 14.7. The molecule has 0 saturated carbocycles. The summed E-state index contributed by atoms with van der Waals surface area (Å²) in [7, 11) is 1.07. The monoisotopic (exact) mass is 515 g/mol. The second kappa shape index (κ2) is 9.21. The Balaban J connectivity index is 1.78. The van der Waals surface area contributed by atoms with Crippen LogP contribution in [0, 0.1) is 5.82 Å². The van der Waals surface area contributed by atoms with Crippen LogP contribution in [0.4, 0.5) is 32.2 Å². The van der Waals surface area contributed by atoms with E-state index in [1.165, 1.54) is 30.3 Å². The maximum Gasteiger partial charge on any atom is 0.395 e. The van der Waals surface area contributed by atoms with Crippen molar-refractivity contribution in [1.29, 1.82) is 0 Å². The van der Waals surface area contributed by atoms with Gasteiger partial charge in [0.25, 0.3) is 11.5 Å². The summed E-state index contributed by atoms with van der Waals surface area (Å²) in [5.41, 5.74) is -2.07. The average Bonchev–Trinajstić information content (AvgIpc) is 3.29. The molecule has 1 N–H and O–H groups in total. The Bertz CT molecular complexity index is 1420. The van der Waals surface area contributed by atoms with Crippen molar-refractivity contribution >= 4 is 28.7 Å². The van der Waals surface area contributed by atoms with E-state index in [2.05, 4.69) is 9.88 Å². The molecule has 4 rings (SSSR count). The highest BCUT2D eigenvalue weighted by molar-refractivity contribution is 8.00. The first-order valence-corrected chi connectivity index (χ1v) is 10.6. The minimum absolute atomic E-state index is 0.242. The van der Waals surface area contributed by atoms with Crippen molar-refractivity contribution in [2.24, 2.45) is 0 Å². The normalized spacial score (nSPS) is 12.2. The van der Waals surface area contributed by atoms with Crippen LogP contribution in [0.5, 0.6) is 5.75 Å². The van der Waals surface area contributed by atoms with Crippen LogP contribution in [0.25, 0.3) is 16.6 Å². The predicted molar refractivity (Wildman–Crippen MR) is 117 cm³/mol. The van der Waals surface area contributed by atoms with E-state index in [9.17, 15) is 31.1 Å². The number of ether oxygens (including phenoxy) is 1. The zero-order valence-corrected chi connectivity index (χ0v) is 18.5. The molecular formula is C22H15F6N3O3S. The molecule has 2 aromatic heterocycles. The fraction of sp³-hybridized carbons (Fsp3) is 0.182. The summed E-state index contributed by atoms with van der Waals surface area (Å²) in [5, 5.41) is 4.25. The van der Waals surface area contributed by atoms with E-state index in [1.54, 1.807) is 24.3 Å². The molecule has 0 spiro atoms. The van der Waals surface area contributed by atoms with Crippen molar-refractivity contribution in [3.63, 3.8) is 0 Å². The molecule has 0 amide bonds. The van der Waals surface area contributed by atoms with Crippen LogP contribution in [-0.2, 0) is 5.92 Å². The van der Waals surface area contributed by atoms with E-state index in [0.717, 1.165) is 11.7 Å². The van der Waals surface area contributed by atoms with Gasteiger partial charge in [0.1, 0.15) is 24.3 Å². The Hall–Kier alpha value is -3.61. The summed E-state index contributed by atoms with van der Waals surface area (Å²) in [6.07, 6.45) is -6.39. The molecule has 0 radical (unpaired) electrons. The number of nitrogens with zero attached hydrogens (tertiary/aromatic N) is 2. The highest BCUT2D eigenvalue weighted by atomic mass is 32.2. The highest BCUT2D eigenvalue weighted by Gasteiger charge is 2.46. The number of anilines is 1. The van der Waals surface area contributed by atoms with Gasteiger partial charge in [0, 0.05) is 23.1 Å². The number of pyridine rings is 1. The van der Waals surface area contributed by atoms with Crippen LogP contribution in [0.2, 0.25) is 0 Å². The van der Waals surface area contributed by atoms with Gasteiger partial charge in [-0.2, -0.15) is 13.2 Å². The summed E-state index contributed by atoms with van der Waals surface area (Å²) < 4.78 is 94.7. The Morgan fingerprint density at radius 1 is 1.09 bits per heavy atom. The van der Waals surface area contributed by atoms with Crippen LogP contribution in [-0.4, -0.2) is 23.0 Å². The van der Waals surface area contributed by atoms with Gasteiger partial charge in [0.15, 0.2) is 5.82 Å². The maximum absolute atomic E-state index is 14.7. The van der Waals surface area contributed by atoms with Gasteiger partial charge >= 0.3 is 6.18 Å². The number of hydrogen-bond donors (Lipinski definition) is 1. The lowest BCUT2D eigenvalue weighted by Gasteiger charge is -2.21. The lowest BCUT2D eigenvalue weighted by atomic mass is 10.0. The fourth-order valence-corrected chi connectivity index (χ4v) is 4.07. The quantitative estimate of drug-likeness (QED) is 0.231. The van der Waals surface area contributed by atoms with Crippen LogP contribution in [0.3, 0.4) is 0 Å². The summed E-state index contributed by atoms with van der Waals surface area (Å²) in [4.78, 5) is 13.4. The molecule has 184 valence electrons. The van der Waals surface area contributed by atoms with E-state index in [0.29, 0.717) is 28.2 Å². The molecule has 0 saturated heterocycles. The SMILES string of the molecule is COc1cc(C(F)(F)CC(F)(F)F)c(F)cc1-n1c(=O)ccc2cc(SNc3ccon3)ccc21. The number of alkyl halides is 5. The van der Waals surface area contributed by atoms with Crippen LogP contribution in [0.1, 0.15) is 12.0 Å². The first kappa shape index (κ1) is 24.5. The lowest BCUT2D eigenvalue weighted by Crippen LogP contribution is -2.25. The second-order valence-electron chi connectivity index (χ2n) is 7.32. The standard InChI is InChI=1S/C22H15F6N3O3S/c1-33-18-9-14(21(24,25)11-22(26,27)28)15(23)10-17(18)31-16-4-3-13(8-12(16)2-5-20(31)32)35-30-19-6-7-34-29-19/h2-10H,11H2,1H3,(H,29,30). The molecule has 0 atom stereocenters. The first-order chi connectivity index (χ1) is 16.5. The van der Waals surface area contributed by atoms with Gasteiger partial charge < -0.3 is 14.0 Å². The highest BCUT2D eigenvalue weighted by Crippen LogP contribution is 2.42. The molecule has 0 bridgehead atoms. The van der Waals surface area contributed by atoms with Gasteiger partial charge in [0.05, 0.1) is 23.9 Å². The average molecular weight is 515 g/mol. The van der Waals surface area contributed by atoms with E-state index in [1.807, 2.05) is 0 Å². The second-order valence-corrected chi connectivity index (χ2v) is 8.20. The molecular weight excluding hydrogens is 500 g/mol. The molecule has 0 fully saturated rings. The Kier molecular flexibility index (Phi) is 6.45. The third kappa shape index (κ3) is 5.24.